The van der Waals surface area contributed by atoms with Gasteiger partial charge in [0.1, 0.15) is 5.75 Å². The minimum absolute atomic E-state index is 0.00771. The Balaban J connectivity index is 1.87. The number of allylic oxidation sites excluding steroid dienone is 1. The van der Waals surface area contributed by atoms with Gasteiger partial charge in [-0.15, -0.1) is 0 Å². The summed E-state index contributed by atoms with van der Waals surface area (Å²) in [5.41, 5.74) is 0.649. The number of hydrogen-bond donors (Lipinski definition) is 2. The fourth-order valence-electron chi connectivity index (χ4n) is 2.12. The van der Waals surface area contributed by atoms with Gasteiger partial charge in [0.2, 0.25) is 11.5 Å². The van der Waals surface area contributed by atoms with Gasteiger partial charge in [-0.2, -0.15) is 8.78 Å². The summed E-state index contributed by atoms with van der Waals surface area (Å²) in [5.74, 6) is -1.54. The van der Waals surface area contributed by atoms with Crippen LogP contribution in [0.2, 0.25) is 0 Å². The molecule has 2 aromatic carbocycles. The lowest BCUT2D eigenvalue weighted by molar-refractivity contribution is -0.0498. The van der Waals surface area contributed by atoms with Crippen molar-refractivity contribution >= 4 is 11.9 Å². The van der Waals surface area contributed by atoms with Gasteiger partial charge in [0.05, 0.1) is 5.56 Å². The molecule has 0 bridgehead atoms. The number of alkyl halides is 2. The van der Waals surface area contributed by atoms with Gasteiger partial charge in [-0.25, -0.2) is 0 Å². The van der Waals surface area contributed by atoms with Gasteiger partial charge in [0.25, 0.3) is 0 Å². The molecule has 5 nitrogen and oxygen atoms in total. The van der Waals surface area contributed by atoms with Crippen LogP contribution in [0.4, 0.5) is 8.78 Å². The second kappa shape index (κ2) is 5.60. The molecule has 0 aliphatic carbocycles. The van der Waals surface area contributed by atoms with Crippen LogP contribution in [0, 0.1) is 0 Å². The molecule has 0 atom stereocenters. The smallest absolute Gasteiger partial charge is 0.387 e. The molecule has 2 aromatic rings. The molecule has 0 saturated heterocycles. The van der Waals surface area contributed by atoms with Crippen molar-refractivity contribution < 1.29 is 33.3 Å². The topological polar surface area (TPSA) is 76.0 Å². The van der Waals surface area contributed by atoms with Crippen molar-refractivity contribution in [2.75, 3.05) is 0 Å². The Morgan fingerprint density at radius 3 is 2.43 bits per heavy atom. The first-order valence-electron chi connectivity index (χ1n) is 6.50. The Bertz CT molecular complexity index is 797. The van der Waals surface area contributed by atoms with E-state index in [1.165, 1.54) is 42.5 Å². The average molecular weight is 320 g/mol. The number of ether oxygens (including phenoxy) is 2. The maximum Gasteiger partial charge on any atom is 0.387 e. The highest BCUT2D eigenvalue weighted by Crippen LogP contribution is 2.44. The van der Waals surface area contributed by atoms with Crippen molar-refractivity contribution in [1.29, 1.82) is 0 Å². The van der Waals surface area contributed by atoms with Gasteiger partial charge in [-0.05, 0) is 35.9 Å². The first-order valence-corrected chi connectivity index (χ1v) is 6.50. The van der Waals surface area contributed by atoms with Crippen LogP contribution in [-0.2, 0) is 0 Å². The monoisotopic (exact) mass is 320 g/mol. The second-order valence-electron chi connectivity index (χ2n) is 4.70. The zero-order valence-corrected chi connectivity index (χ0v) is 11.5. The molecule has 0 spiro atoms. The number of ketones is 1. The predicted octanol–water partition coefficient (Wildman–Crippen LogP) is 3.32. The van der Waals surface area contributed by atoms with E-state index in [1.54, 1.807) is 0 Å². The van der Waals surface area contributed by atoms with Crippen LogP contribution in [0.15, 0.2) is 42.2 Å². The van der Waals surface area contributed by atoms with Crippen LogP contribution in [0.3, 0.4) is 0 Å². The van der Waals surface area contributed by atoms with Crippen LogP contribution in [0.1, 0.15) is 15.9 Å². The number of hydrogen-bond acceptors (Lipinski definition) is 5. The lowest BCUT2D eigenvalue weighted by atomic mass is 10.1. The molecular formula is C16H10F2O5. The molecule has 0 amide bonds. The molecule has 0 aromatic heterocycles. The van der Waals surface area contributed by atoms with Crippen LogP contribution >= 0.6 is 0 Å². The fourth-order valence-corrected chi connectivity index (χ4v) is 2.12. The molecule has 1 heterocycles. The third-order valence-corrected chi connectivity index (χ3v) is 3.19. The maximum absolute atomic E-state index is 12.2. The van der Waals surface area contributed by atoms with Crippen LogP contribution in [0.5, 0.6) is 23.0 Å². The molecule has 7 heteroatoms. The highest BCUT2D eigenvalue weighted by molar-refractivity contribution is 6.15. The number of halogens is 2. The van der Waals surface area contributed by atoms with Crippen molar-refractivity contribution in [2.24, 2.45) is 0 Å². The molecule has 0 radical (unpaired) electrons. The number of aromatic hydroxyl groups is 2. The SMILES string of the molecule is O=C1/C(=C/c2ccc(OC(F)F)cc2)Oc2c1ccc(O)c2O. The predicted molar refractivity (Wildman–Crippen MR) is 75.8 cm³/mol. The van der Waals surface area contributed by atoms with Crippen molar-refractivity contribution in [1.82, 2.24) is 0 Å². The van der Waals surface area contributed by atoms with Gasteiger partial charge in [-0.1, -0.05) is 12.1 Å². The fraction of sp³-hybridized carbons (Fsp3) is 0.0625. The molecule has 23 heavy (non-hydrogen) atoms. The highest BCUT2D eigenvalue weighted by atomic mass is 19.3. The Hall–Kier alpha value is -3.09. The second-order valence-corrected chi connectivity index (χ2v) is 4.70. The number of phenolic OH excluding ortho intramolecular Hbond substituents is 2. The van der Waals surface area contributed by atoms with E-state index < -0.39 is 23.9 Å². The zero-order valence-electron chi connectivity index (χ0n) is 11.5. The zero-order chi connectivity index (χ0) is 16.6. The van der Waals surface area contributed by atoms with Gasteiger partial charge in [0.15, 0.2) is 17.3 Å². The largest absolute Gasteiger partial charge is 0.504 e. The van der Waals surface area contributed by atoms with E-state index in [-0.39, 0.29) is 22.8 Å². The third-order valence-electron chi connectivity index (χ3n) is 3.19. The van der Waals surface area contributed by atoms with Gasteiger partial charge < -0.3 is 19.7 Å². The van der Waals surface area contributed by atoms with Gasteiger partial charge >= 0.3 is 6.61 Å². The van der Waals surface area contributed by atoms with Gasteiger partial charge in [0, 0.05) is 0 Å². The Labute approximate surface area is 129 Å². The minimum Gasteiger partial charge on any atom is -0.504 e. The number of rotatable bonds is 3. The third kappa shape index (κ3) is 2.80. The summed E-state index contributed by atoms with van der Waals surface area (Å²) >= 11 is 0. The standard InChI is InChI=1S/C16H10F2O5/c17-16(18)22-9-3-1-8(2-4-9)7-12-13(20)10-5-6-11(19)14(21)15(10)23-12/h1-7,16,19,21H/b12-7-. The number of carbonyl (C=O) groups excluding carboxylic acids is 1. The first-order chi connectivity index (χ1) is 11.0. The van der Waals surface area contributed by atoms with Crippen LogP contribution in [0.25, 0.3) is 6.08 Å². The van der Waals surface area contributed by atoms with E-state index >= 15 is 0 Å². The van der Waals surface area contributed by atoms with Gasteiger partial charge in [-0.3, -0.25) is 4.79 Å². The molecule has 1 aliphatic rings. The van der Waals surface area contributed by atoms with Crippen molar-refractivity contribution in [3.8, 4) is 23.0 Å². The Morgan fingerprint density at radius 2 is 1.78 bits per heavy atom. The lowest BCUT2D eigenvalue weighted by Crippen LogP contribution is -2.01. The number of benzene rings is 2. The molecule has 3 rings (SSSR count). The summed E-state index contributed by atoms with van der Waals surface area (Å²) in [6.45, 7) is -2.91. The molecule has 0 unspecified atom stereocenters. The van der Waals surface area contributed by atoms with Crippen LogP contribution in [-0.4, -0.2) is 22.6 Å². The minimum atomic E-state index is -2.91. The van der Waals surface area contributed by atoms with E-state index in [4.69, 9.17) is 4.74 Å². The molecular weight excluding hydrogens is 310 g/mol. The Morgan fingerprint density at radius 1 is 1.09 bits per heavy atom. The summed E-state index contributed by atoms with van der Waals surface area (Å²) in [4.78, 5) is 12.2. The molecule has 1 aliphatic heterocycles. The first kappa shape index (κ1) is 14.8. The number of carbonyl (C=O) groups is 1. The quantitative estimate of drug-likeness (QED) is 0.670. The lowest BCUT2D eigenvalue weighted by Gasteiger charge is -2.04. The molecule has 2 N–H and O–H groups in total. The summed E-state index contributed by atoms with van der Waals surface area (Å²) in [5, 5.41) is 19.1. The van der Waals surface area contributed by atoms with Crippen LogP contribution < -0.4 is 9.47 Å². The summed E-state index contributed by atoms with van der Waals surface area (Å²) in [6, 6.07) is 8.13. The van der Waals surface area contributed by atoms with Crippen molar-refractivity contribution in [3.63, 3.8) is 0 Å². The number of Topliss-reactive ketones (excluding diaryl/α,β-unsaturated/α-hetero) is 1. The summed E-state index contributed by atoms with van der Waals surface area (Å²) in [7, 11) is 0. The van der Waals surface area contributed by atoms with Crippen molar-refractivity contribution in [3.05, 3.63) is 53.3 Å². The molecule has 0 fully saturated rings. The maximum atomic E-state index is 12.2. The van der Waals surface area contributed by atoms with Crippen molar-refractivity contribution in [2.45, 2.75) is 6.61 Å². The summed E-state index contributed by atoms with van der Waals surface area (Å²) < 4.78 is 33.7. The van der Waals surface area contributed by atoms with E-state index in [1.807, 2.05) is 0 Å². The number of fused-ring (bicyclic) bond motifs is 1. The summed E-state index contributed by atoms with van der Waals surface area (Å²) in [6.07, 6.45) is 1.39. The molecule has 118 valence electrons. The Kier molecular flexibility index (Phi) is 3.61. The number of phenols is 2. The average Bonchev–Trinajstić information content (AvgIpc) is 2.82. The van der Waals surface area contributed by atoms with E-state index in [9.17, 15) is 23.8 Å². The molecule has 0 saturated carbocycles. The highest BCUT2D eigenvalue weighted by Gasteiger charge is 2.31. The van der Waals surface area contributed by atoms with E-state index in [0.717, 1.165) is 0 Å². The van der Waals surface area contributed by atoms with E-state index in [2.05, 4.69) is 4.74 Å². The van der Waals surface area contributed by atoms with E-state index in [0.29, 0.717) is 5.56 Å². The normalized spacial score (nSPS) is 14.9.